The lowest BCUT2D eigenvalue weighted by atomic mass is 10.2. The Hall–Kier alpha value is -0.420. The van der Waals surface area contributed by atoms with Gasteiger partial charge in [-0.05, 0) is 13.8 Å². The Morgan fingerprint density at radius 1 is 1.56 bits per heavy atom. The van der Waals surface area contributed by atoms with E-state index >= 15 is 0 Å². The van der Waals surface area contributed by atoms with Crippen molar-refractivity contribution in [2.75, 3.05) is 0 Å². The minimum atomic E-state index is -2.31. The number of carboxylic acid groups (broad SMARTS) is 1. The van der Waals surface area contributed by atoms with Gasteiger partial charge in [0.1, 0.15) is 0 Å². The van der Waals surface area contributed by atoms with Crippen LogP contribution in [-0.4, -0.2) is 24.6 Å². The second-order valence-corrected chi connectivity index (χ2v) is 3.58. The molecule has 0 aliphatic rings. The van der Waals surface area contributed by atoms with Gasteiger partial charge >= 0.3 is 5.97 Å². The van der Waals surface area contributed by atoms with E-state index in [0.29, 0.717) is 0 Å². The molecule has 0 saturated heterocycles. The molecular formula is C4H8O4S. The Bertz CT molecular complexity index is 135. The lowest BCUT2D eigenvalue weighted by molar-refractivity contribution is -0.139. The van der Waals surface area contributed by atoms with Crippen molar-refractivity contribution in [3.05, 3.63) is 0 Å². The highest BCUT2D eigenvalue weighted by Crippen LogP contribution is 2.09. The smallest absolute Gasteiger partial charge is 0.324 e. The Morgan fingerprint density at radius 2 is 1.89 bits per heavy atom. The molecule has 0 aliphatic heterocycles. The fourth-order valence-corrected chi connectivity index (χ4v) is 0.224. The van der Waals surface area contributed by atoms with Crippen molar-refractivity contribution in [2.24, 2.45) is 0 Å². The zero-order valence-corrected chi connectivity index (χ0v) is 5.94. The van der Waals surface area contributed by atoms with E-state index in [2.05, 4.69) is 0 Å². The van der Waals surface area contributed by atoms with E-state index in [1.807, 2.05) is 0 Å². The highest BCUT2D eigenvalue weighted by molar-refractivity contribution is 7.81. The van der Waals surface area contributed by atoms with Crippen LogP contribution in [0.4, 0.5) is 0 Å². The number of hydrogen-bond acceptors (Lipinski definition) is 2. The third-order valence-electron chi connectivity index (χ3n) is 0.952. The molecule has 0 amide bonds. The Balaban J connectivity index is 4.38. The molecule has 0 rings (SSSR count). The van der Waals surface area contributed by atoms with Crippen LogP contribution in [0.2, 0.25) is 0 Å². The minimum absolute atomic E-state index is 1.19. The van der Waals surface area contributed by atoms with Crippen molar-refractivity contribution < 1.29 is 18.7 Å². The summed E-state index contributed by atoms with van der Waals surface area (Å²) in [5.74, 6) is -1.27. The van der Waals surface area contributed by atoms with E-state index in [0.717, 1.165) is 0 Å². The second-order valence-electron chi connectivity index (χ2n) is 2.06. The summed E-state index contributed by atoms with van der Waals surface area (Å²) >= 11 is -2.31. The lowest BCUT2D eigenvalue weighted by Crippen LogP contribution is -2.35. The molecule has 0 aromatic heterocycles. The molecule has 1 unspecified atom stereocenters. The van der Waals surface area contributed by atoms with Gasteiger partial charge < -0.3 is 9.66 Å². The van der Waals surface area contributed by atoms with Gasteiger partial charge in [0.2, 0.25) is 0 Å². The summed E-state index contributed by atoms with van der Waals surface area (Å²) in [6.07, 6.45) is 0. The Kier molecular flexibility index (Phi) is 2.33. The van der Waals surface area contributed by atoms with Gasteiger partial charge in [0, 0.05) is 0 Å². The molecule has 0 aromatic rings. The van der Waals surface area contributed by atoms with Crippen LogP contribution in [0, 0.1) is 0 Å². The first-order valence-corrected chi connectivity index (χ1v) is 3.34. The van der Waals surface area contributed by atoms with Crippen LogP contribution in [0.15, 0.2) is 0 Å². The van der Waals surface area contributed by atoms with Crippen LogP contribution in [0.5, 0.6) is 0 Å². The molecule has 0 aromatic carbocycles. The summed E-state index contributed by atoms with van der Waals surface area (Å²) < 4.78 is 17.0. The van der Waals surface area contributed by atoms with Gasteiger partial charge in [-0.1, -0.05) is 0 Å². The normalized spacial score (nSPS) is 15.0. The summed E-state index contributed by atoms with van der Waals surface area (Å²) in [4.78, 5) is 10.1. The summed E-state index contributed by atoms with van der Waals surface area (Å²) in [7, 11) is 0. The van der Waals surface area contributed by atoms with Crippen molar-refractivity contribution in [3.63, 3.8) is 0 Å². The molecule has 2 N–H and O–H groups in total. The number of carbonyl (C=O) groups is 1. The van der Waals surface area contributed by atoms with Gasteiger partial charge in [-0.25, -0.2) is 4.21 Å². The van der Waals surface area contributed by atoms with Crippen molar-refractivity contribution in [1.29, 1.82) is 0 Å². The first-order chi connectivity index (χ1) is 3.89. The highest BCUT2D eigenvalue weighted by Gasteiger charge is 2.33. The molecule has 9 heavy (non-hydrogen) atoms. The SMILES string of the molecule is CC(C)(C(=O)O)S(=O)O. The van der Waals surface area contributed by atoms with Crippen LogP contribution in [0.1, 0.15) is 13.8 Å². The molecule has 0 bridgehead atoms. The zero-order chi connectivity index (χ0) is 7.65. The van der Waals surface area contributed by atoms with Gasteiger partial charge in [0.05, 0.1) is 0 Å². The molecule has 54 valence electrons. The van der Waals surface area contributed by atoms with Gasteiger partial charge in [-0.2, -0.15) is 0 Å². The van der Waals surface area contributed by atoms with Crippen molar-refractivity contribution in [2.45, 2.75) is 18.6 Å². The quantitative estimate of drug-likeness (QED) is 0.549. The average molecular weight is 152 g/mol. The van der Waals surface area contributed by atoms with Crippen molar-refractivity contribution >= 4 is 17.0 Å². The second kappa shape index (κ2) is 2.45. The number of rotatable bonds is 2. The number of carboxylic acids is 1. The molecule has 0 radical (unpaired) electrons. The average Bonchev–Trinajstić information content (AvgIpc) is 1.65. The summed E-state index contributed by atoms with van der Waals surface area (Å²) in [5.41, 5.74) is 0. The lowest BCUT2D eigenvalue weighted by Gasteiger charge is -2.12. The van der Waals surface area contributed by atoms with Crippen molar-refractivity contribution in [1.82, 2.24) is 0 Å². The van der Waals surface area contributed by atoms with Crippen LogP contribution >= 0.6 is 0 Å². The fraction of sp³-hybridized carbons (Fsp3) is 0.750. The summed E-state index contributed by atoms with van der Waals surface area (Å²) in [5, 5.41) is 8.26. The number of hydrogen-bond donors (Lipinski definition) is 2. The predicted molar refractivity (Wildman–Crippen MR) is 32.5 cm³/mol. The highest BCUT2D eigenvalue weighted by atomic mass is 32.2. The predicted octanol–water partition coefficient (Wildman–Crippen LogP) is 0.0713. The standard InChI is InChI=1S/C4H8O4S/c1-4(2,3(5)6)9(7)8/h1-2H3,(H,5,6)(H,7,8). The van der Waals surface area contributed by atoms with E-state index in [-0.39, 0.29) is 0 Å². The molecule has 0 fully saturated rings. The molecule has 0 heterocycles. The maximum atomic E-state index is 10.2. The van der Waals surface area contributed by atoms with Crippen LogP contribution < -0.4 is 0 Å². The van der Waals surface area contributed by atoms with Gasteiger partial charge in [-0.15, -0.1) is 0 Å². The fourth-order valence-electron chi connectivity index (χ4n) is 0.0747. The van der Waals surface area contributed by atoms with Crippen LogP contribution in [0.25, 0.3) is 0 Å². The zero-order valence-electron chi connectivity index (χ0n) is 5.12. The summed E-state index contributed by atoms with van der Waals surface area (Å²) in [6.45, 7) is 2.37. The van der Waals surface area contributed by atoms with E-state index in [1.165, 1.54) is 13.8 Å². The van der Waals surface area contributed by atoms with E-state index in [9.17, 15) is 9.00 Å². The third kappa shape index (κ3) is 1.76. The molecular weight excluding hydrogens is 144 g/mol. The monoisotopic (exact) mass is 152 g/mol. The maximum absolute atomic E-state index is 10.2. The van der Waals surface area contributed by atoms with Crippen molar-refractivity contribution in [3.8, 4) is 0 Å². The van der Waals surface area contributed by atoms with E-state index < -0.39 is 21.8 Å². The van der Waals surface area contributed by atoms with Crippen LogP contribution in [-0.2, 0) is 15.9 Å². The first-order valence-electron chi connectivity index (χ1n) is 2.23. The maximum Gasteiger partial charge on any atom is 0.324 e. The topological polar surface area (TPSA) is 74.6 Å². The minimum Gasteiger partial charge on any atom is -0.480 e. The molecule has 0 saturated carbocycles. The molecule has 5 heteroatoms. The number of aliphatic carboxylic acids is 1. The Morgan fingerprint density at radius 3 is 1.89 bits per heavy atom. The van der Waals surface area contributed by atoms with Gasteiger partial charge in [0.25, 0.3) is 0 Å². The van der Waals surface area contributed by atoms with Gasteiger partial charge in [0.15, 0.2) is 15.8 Å². The van der Waals surface area contributed by atoms with E-state index in [4.69, 9.17) is 9.66 Å². The van der Waals surface area contributed by atoms with Crippen LogP contribution in [0.3, 0.4) is 0 Å². The molecule has 0 spiro atoms. The molecule has 0 aliphatic carbocycles. The first kappa shape index (κ1) is 8.58. The Labute approximate surface area is 55.2 Å². The largest absolute Gasteiger partial charge is 0.480 e. The van der Waals surface area contributed by atoms with Gasteiger partial charge in [-0.3, -0.25) is 4.79 Å². The summed E-state index contributed by atoms with van der Waals surface area (Å²) in [6, 6.07) is 0. The molecule has 4 nitrogen and oxygen atoms in total. The third-order valence-corrected chi connectivity index (χ3v) is 2.00. The molecule has 1 atom stereocenters. The van der Waals surface area contributed by atoms with E-state index in [1.54, 1.807) is 0 Å².